The Kier molecular flexibility index (Phi) is 4.44. The average Bonchev–Trinajstić information content (AvgIpc) is 2.45. The van der Waals surface area contributed by atoms with Crippen molar-refractivity contribution in [1.82, 2.24) is 15.5 Å². The molecule has 1 aromatic rings. The second kappa shape index (κ2) is 5.92. The first kappa shape index (κ1) is 15.0. The summed E-state index contributed by atoms with van der Waals surface area (Å²) >= 11 is 0. The smallest absolute Gasteiger partial charge is 0.233 e. The quantitative estimate of drug-likeness (QED) is 0.833. The van der Waals surface area contributed by atoms with E-state index in [-0.39, 0.29) is 0 Å². The number of aromatic nitrogens is 2. The molecule has 0 spiro atoms. The number of piperazine rings is 1. The van der Waals surface area contributed by atoms with Gasteiger partial charge in [-0.2, -0.15) is 0 Å². The third-order valence-corrected chi connectivity index (χ3v) is 4.62. The molecule has 0 unspecified atom stereocenters. The molecule has 0 radical (unpaired) electrons. The minimum Gasteiger partial charge on any atom is -0.353 e. The zero-order chi connectivity index (χ0) is 14.8. The monoisotopic (exact) mass is 299 g/mol. The van der Waals surface area contributed by atoms with Crippen LogP contribution in [0.3, 0.4) is 0 Å². The van der Waals surface area contributed by atoms with E-state index < -0.39 is 10.0 Å². The van der Waals surface area contributed by atoms with E-state index in [1.807, 2.05) is 13.0 Å². The Morgan fingerprint density at radius 3 is 2.55 bits per heavy atom. The maximum absolute atomic E-state index is 11.6. The molecule has 0 aromatic carbocycles. The molecule has 112 valence electrons. The summed E-state index contributed by atoms with van der Waals surface area (Å²) in [7, 11) is -1.82. The maximum atomic E-state index is 11.6. The molecule has 2 rings (SSSR count). The van der Waals surface area contributed by atoms with Gasteiger partial charge in [-0.05, 0) is 12.5 Å². The van der Waals surface area contributed by atoms with Crippen LogP contribution in [-0.4, -0.2) is 58.1 Å². The number of nitrogens with zero attached hydrogens (tertiary/aromatic N) is 4. The van der Waals surface area contributed by atoms with Gasteiger partial charge in [0.25, 0.3) is 0 Å². The molecular formula is C12H21N5O2S. The minimum atomic E-state index is -3.32. The highest BCUT2D eigenvalue weighted by atomic mass is 32.2. The van der Waals surface area contributed by atoms with Crippen molar-refractivity contribution in [2.75, 3.05) is 48.7 Å². The van der Waals surface area contributed by atoms with Crippen LogP contribution < -0.4 is 14.5 Å². The minimum absolute atomic E-state index is 0.411. The lowest BCUT2D eigenvalue weighted by Gasteiger charge is -2.29. The second-order valence-corrected chi connectivity index (χ2v) is 6.89. The van der Waals surface area contributed by atoms with Crippen molar-refractivity contribution in [2.45, 2.75) is 13.3 Å². The predicted octanol–water partition coefficient (Wildman–Crippen LogP) is -0.156. The molecule has 1 aliphatic heterocycles. The van der Waals surface area contributed by atoms with Crippen LogP contribution >= 0.6 is 0 Å². The molecule has 7 nitrogen and oxygen atoms in total. The van der Waals surface area contributed by atoms with Gasteiger partial charge in [-0.1, -0.05) is 6.92 Å². The van der Waals surface area contributed by atoms with Crippen molar-refractivity contribution >= 4 is 21.7 Å². The lowest BCUT2D eigenvalue weighted by Crippen LogP contribution is -2.44. The van der Waals surface area contributed by atoms with Gasteiger partial charge in [-0.3, -0.25) is 4.31 Å². The van der Waals surface area contributed by atoms with Crippen molar-refractivity contribution in [3.8, 4) is 0 Å². The molecule has 1 N–H and O–H groups in total. The second-order valence-electron chi connectivity index (χ2n) is 4.87. The van der Waals surface area contributed by atoms with Gasteiger partial charge in [0.2, 0.25) is 10.0 Å². The fourth-order valence-electron chi connectivity index (χ4n) is 2.14. The summed E-state index contributed by atoms with van der Waals surface area (Å²) in [5.41, 5.74) is 0.890. The molecular weight excluding hydrogens is 278 g/mol. The molecule has 20 heavy (non-hydrogen) atoms. The van der Waals surface area contributed by atoms with Gasteiger partial charge in [0.05, 0.1) is 6.26 Å². The largest absolute Gasteiger partial charge is 0.353 e. The van der Waals surface area contributed by atoms with E-state index in [2.05, 4.69) is 20.4 Å². The van der Waals surface area contributed by atoms with Crippen molar-refractivity contribution in [2.24, 2.45) is 0 Å². The van der Waals surface area contributed by atoms with Crippen LogP contribution in [0.2, 0.25) is 0 Å². The number of rotatable bonds is 4. The summed E-state index contributed by atoms with van der Waals surface area (Å²) in [6.45, 7) is 5.61. The SMILES string of the molecule is CCc1cc(N2CCNCC2)nnc1N(C)S(C)(=O)=O. The summed E-state index contributed by atoms with van der Waals surface area (Å²) < 4.78 is 24.4. The van der Waals surface area contributed by atoms with Gasteiger partial charge in [0.1, 0.15) is 0 Å². The summed E-state index contributed by atoms with van der Waals surface area (Å²) in [5, 5.41) is 11.6. The molecule has 1 aliphatic rings. The highest BCUT2D eigenvalue weighted by molar-refractivity contribution is 7.92. The van der Waals surface area contributed by atoms with Crippen molar-refractivity contribution < 1.29 is 8.42 Å². The number of sulfonamides is 1. The molecule has 1 saturated heterocycles. The molecule has 0 amide bonds. The third-order valence-electron chi connectivity index (χ3n) is 3.46. The molecule has 1 fully saturated rings. The highest BCUT2D eigenvalue weighted by Gasteiger charge is 2.20. The standard InChI is InChI=1S/C12H21N5O2S/c1-4-10-9-11(17-7-5-13-6-8-17)14-15-12(10)16(2)20(3,18)19/h9,13H,4-8H2,1-3H3. The average molecular weight is 299 g/mol. The Morgan fingerprint density at radius 1 is 1.35 bits per heavy atom. The zero-order valence-electron chi connectivity index (χ0n) is 12.1. The first-order valence-corrected chi connectivity index (χ1v) is 8.54. The van der Waals surface area contributed by atoms with Crippen molar-refractivity contribution in [1.29, 1.82) is 0 Å². The number of nitrogens with one attached hydrogen (secondary N) is 1. The predicted molar refractivity (Wildman–Crippen MR) is 79.7 cm³/mol. The Morgan fingerprint density at radius 2 is 2.00 bits per heavy atom. The van der Waals surface area contributed by atoms with E-state index in [1.54, 1.807) is 0 Å². The van der Waals surface area contributed by atoms with Crippen LogP contribution in [0.25, 0.3) is 0 Å². The summed E-state index contributed by atoms with van der Waals surface area (Å²) in [4.78, 5) is 2.16. The van der Waals surface area contributed by atoms with E-state index >= 15 is 0 Å². The first-order chi connectivity index (χ1) is 9.43. The number of aryl methyl sites for hydroxylation is 1. The van der Waals surface area contributed by atoms with E-state index in [9.17, 15) is 8.42 Å². The van der Waals surface area contributed by atoms with Gasteiger partial charge < -0.3 is 10.2 Å². The first-order valence-electron chi connectivity index (χ1n) is 6.69. The van der Waals surface area contributed by atoms with E-state index in [4.69, 9.17) is 0 Å². The molecule has 2 heterocycles. The molecule has 1 aromatic heterocycles. The van der Waals surface area contributed by atoms with Crippen LogP contribution in [0.5, 0.6) is 0 Å². The fraction of sp³-hybridized carbons (Fsp3) is 0.667. The molecule has 0 aliphatic carbocycles. The van der Waals surface area contributed by atoms with E-state index in [0.29, 0.717) is 12.2 Å². The van der Waals surface area contributed by atoms with Crippen molar-refractivity contribution in [3.63, 3.8) is 0 Å². The Hall–Kier alpha value is -1.41. The van der Waals surface area contributed by atoms with Crippen LogP contribution in [-0.2, 0) is 16.4 Å². The highest BCUT2D eigenvalue weighted by Crippen LogP contribution is 2.22. The Balaban J connectivity index is 2.32. The summed E-state index contributed by atoms with van der Waals surface area (Å²) in [6.07, 6.45) is 1.88. The summed E-state index contributed by atoms with van der Waals surface area (Å²) in [5.74, 6) is 1.22. The van der Waals surface area contributed by atoms with Crippen LogP contribution in [0.4, 0.5) is 11.6 Å². The lowest BCUT2D eigenvalue weighted by molar-refractivity contribution is 0.582. The normalized spacial score (nSPS) is 16.2. The number of anilines is 2. The Labute approximate surface area is 120 Å². The number of hydrogen-bond acceptors (Lipinski definition) is 6. The third kappa shape index (κ3) is 3.18. The molecule has 0 saturated carbocycles. The van der Waals surface area contributed by atoms with E-state index in [0.717, 1.165) is 37.6 Å². The van der Waals surface area contributed by atoms with Crippen LogP contribution in [0, 0.1) is 0 Å². The fourth-order valence-corrected chi connectivity index (χ4v) is 2.61. The number of hydrogen-bond donors (Lipinski definition) is 1. The van der Waals surface area contributed by atoms with Gasteiger partial charge in [-0.15, -0.1) is 10.2 Å². The molecule has 0 atom stereocenters. The van der Waals surface area contributed by atoms with E-state index in [1.165, 1.54) is 17.6 Å². The topological polar surface area (TPSA) is 78.4 Å². The van der Waals surface area contributed by atoms with Crippen molar-refractivity contribution in [3.05, 3.63) is 11.6 Å². The van der Waals surface area contributed by atoms with Gasteiger partial charge in [-0.25, -0.2) is 8.42 Å². The summed E-state index contributed by atoms with van der Waals surface area (Å²) in [6, 6.07) is 1.94. The van der Waals surface area contributed by atoms with Gasteiger partial charge in [0, 0.05) is 38.8 Å². The van der Waals surface area contributed by atoms with Crippen LogP contribution in [0.15, 0.2) is 6.07 Å². The Bertz CT molecular complexity index is 569. The maximum Gasteiger partial charge on any atom is 0.233 e. The van der Waals surface area contributed by atoms with Crippen LogP contribution in [0.1, 0.15) is 12.5 Å². The van der Waals surface area contributed by atoms with Gasteiger partial charge >= 0.3 is 0 Å². The van der Waals surface area contributed by atoms with Gasteiger partial charge in [0.15, 0.2) is 11.6 Å². The molecule has 8 heteroatoms. The zero-order valence-corrected chi connectivity index (χ0v) is 12.9. The lowest BCUT2D eigenvalue weighted by atomic mass is 10.2. The molecule has 0 bridgehead atoms.